The Morgan fingerprint density at radius 2 is 2.10 bits per heavy atom. The van der Waals surface area contributed by atoms with Gasteiger partial charge in [0, 0.05) is 26.0 Å². The van der Waals surface area contributed by atoms with E-state index in [4.69, 9.17) is 5.73 Å². The zero-order valence-corrected chi connectivity index (χ0v) is 12.8. The molecule has 1 saturated heterocycles. The normalized spacial score (nSPS) is 18.6. The monoisotopic (exact) mass is 298 g/mol. The Kier molecular flexibility index (Phi) is 4.62. The SMILES string of the molecule is CN1CCC(CN(C)S(=O)(=O)c2cnccc2N)CC1. The number of aromatic nitrogens is 1. The van der Waals surface area contributed by atoms with Gasteiger partial charge in [0.05, 0.1) is 5.69 Å². The summed E-state index contributed by atoms with van der Waals surface area (Å²) in [5.74, 6) is 0.406. The number of nitrogen functional groups attached to an aromatic ring is 1. The molecule has 2 N–H and O–H groups in total. The molecule has 1 aliphatic heterocycles. The van der Waals surface area contributed by atoms with Crippen molar-refractivity contribution in [1.82, 2.24) is 14.2 Å². The third kappa shape index (κ3) is 3.28. The highest BCUT2D eigenvalue weighted by Crippen LogP contribution is 2.23. The van der Waals surface area contributed by atoms with Crippen LogP contribution in [0.4, 0.5) is 5.69 Å². The van der Waals surface area contributed by atoms with Crippen LogP contribution in [0.1, 0.15) is 12.8 Å². The predicted octanol–water partition coefficient (Wildman–Crippen LogP) is 0.626. The van der Waals surface area contributed by atoms with Crippen LogP contribution in [-0.2, 0) is 10.0 Å². The van der Waals surface area contributed by atoms with Crippen LogP contribution in [0.3, 0.4) is 0 Å². The van der Waals surface area contributed by atoms with Crippen LogP contribution in [0.2, 0.25) is 0 Å². The lowest BCUT2D eigenvalue weighted by Gasteiger charge is -2.31. The van der Waals surface area contributed by atoms with Crippen LogP contribution in [0.25, 0.3) is 0 Å². The lowest BCUT2D eigenvalue weighted by atomic mass is 9.97. The van der Waals surface area contributed by atoms with Gasteiger partial charge < -0.3 is 10.6 Å². The van der Waals surface area contributed by atoms with Gasteiger partial charge in [-0.1, -0.05) is 0 Å². The highest BCUT2D eigenvalue weighted by molar-refractivity contribution is 7.89. The first-order valence-electron chi connectivity index (χ1n) is 6.75. The Balaban J connectivity index is 2.08. The number of rotatable bonds is 4. The summed E-state index contributed by atoms with van der Waals surface area (Å²) in [5.41, 5.74) is 5.99. The Bertz CT molecular complexity index is 553. The van der Waals surface area contributed by atoms with Gasteiger partial charge in [0.25, 0.3) is 0 Å². The Hall–Kier alpha value is -1.18. The van der Waals surface area contributed by atoms with Crippen molar-refractivity contribution in [3.8, 4) is 0 Å². The average molecular weight is 298 g/mol. The van der Waals surface area contributed by atoms with E-state index >= 15 is 0 Å². The molecule has 0 amide bonds. The van der Waals surface area contributed by atoms with Crippen molar-refractivity contribution in [2.75, 3.05) is 39.5 Å². The number of nitrogens with two attached hydrogens (primary N) is 1. The zero-order valence-electron chi connectivity index (χ0n) is 12.0. The van der Waals surface area contributed by atoms with Crippen molar-refractivity contribution in [1.29, 1.82) is 0 Å². The summed E-state index contributed by atoms with van der Waals surface area (Å²) in [6.45, 7) is 2.58. The van der Waals surface area contributed by atoms with Gasteiger partial charge in [-0.05, 0) is 45.0 Å². The second kappa shape index (κ2) is 6.07. The Morgan fingerprint density at radius 3 is 2.70 bits per heavy atom. The maximum atomic E-state index is 12.5. The van der Waals surface area contributed by atoms with Crippen LogP contribution >= 0.6 is 0 Å². The van der Waals surface area contributed by atoms with E-state index in [1.807, 2.05) is 0 Å². The first-order valence-corrected chi connectivity index (χ1v) is 8.19. The molecular weight excluding hydrogens is 276 g/mol. The largest absolute Gasteiger partial charge is 0.398 e. The molecule has 1 aromatic rings. The van der Waals surface area contributed by atoms with Crippen LogP contribution in [0, 0.1) is 5.92 Å². The maximum Gasteiger partial charge on any atom is 0.246 e. The number of pyridine rings is 1. The fourth-order valence-corrected chi connectivity index (χ4v) is 3.78. The van der Waals surface area contributed by atoms with E-state index in [0.29, 0.717) is 12.5 Å². The second-order valence-electron chi connectivity index (χ2n) is 5.45. The molecule has 0 saturated carbocycles. The zero-order chi connectivity index (χ0) is 14.8. The van der Waals surface area contributed by atoms with Crippen molar-refractivity contribution in [2.45, 2.75) is 17.7 Å². The summed E-state index contributed by atoms with van der Waals surface area (Å²) in [5, 5.41) is 0. The molecule has 0 aliphatic carbocycles. The molecular formula is C13H22N4O2S. The molecule has 0 atom stereocenters. The first kappa shape index (κ1) is 15.2. The third-order valence-electron chi connectivity index (χ3n) is 3.86. The van der Waals surface area contributed by atoms with Crippen LogP contribution < -0.4 is 5.73 Å². The smallest absolute Gasteiger partial charge is 0.246 e. The third-order valence-corrected chi connectivity index (χ3v) is 5.72. The topological polar surface area (TPSA) is 79.5 Å². The van der Waals surface area contributed by atoms with Gasteiger partial charge in [0.15, 0.2) is 0 Å². The fraction of sp³-hybridized carbons (Fsp3) is 0.615. The van der Waals surface area contributed by atoms with Crippen molar-refractivity contribution < 1.29 is 8.42 Å². The van der Waals surface area contributed by atoms with E-state index in [1.54, 1.807) is 7.05 Å². The van der Waals surface area contributed by atoms with Gasteiger partial charge in [-0.25, -0.2) is 12.7 Å². The van der Waals surface area contributed by atoms with E-state index in [1.165, 1.54) is 22.8 Å². The number of likely N-dealkylation sites (tertiary alicyclic amines) is 1. The molecule has 0 unspecified atom stereocenters. The molecule has 7 heteroatoms. The van der Waals surface area contributed by atoms with E-state index in [-0.39, 0.29) is 10.6 Å². The summed E-state index contributed by atoms with van der Waals surface area (Å²) >= 11 is 0. The van der Waals surface area contributed by atoms with Gasteiger partial charge in [-0.15, -0.1) is 0 Å². The summed E-state index contributed by atoms with van der Waals surface area (Å²) in [6.07, 6.45) is 4.86. The Labute approximate surface area is 120 Å². The van der Waals surface area contributed by atoms with E-state index in [2.05, 4.69) is 16.9 Å². The lowest BCUT2D eigenvalue weighted by Crippen LogP contribution is -2.38. The number of hydrogen-bond acceptors (Lipinski definition) is 5. The average Bonchev–Trinajstić information content (AvgIpc) is 2.41. The molecule has 2 heterocycles. The number of anilines is 1. The maximum absolute atomic E-state index is 12.5. The molecule has 0 spiro atoms. The summed E-state index contributed by atoms with van der Waals surface area (Å²) in [4.78, 5) is 6.22. The number of sulfonamides is 1. The Morgan fingerprint density at radius 1 is 1.45 bits per heavy atom. The van der Waals surface area contributed by atoms with Crippen LogP contribution in [0.15, 0.2) is 23.4 Å². The molecule has 1 aliphatic rings. The molecule has 2 rings (SSSR count). The number of piperidine rings is 1. The van der Waals surface area contributed by atoms with E-state index < -0.39 is 10.0 Å². The molecule has 0 aromatic carbocycles. The van der Waals surface area contributed by atoms with Crippen molar-refractivity contribution in [3.05, 3.63) is 18.5 Å². The minimum atomic E-state index is -3.55. The van der Waals surface area contributed by atoms with Gasteiger partial charge in [0.1, 0.15) is 4.90 Å². The minimum Gasteiger partial charge on any atom is -0.398 e. The van der Waals surface area contributed by atoms with Gasteiger partial charge in [-0.3, -0.25) is 4.98 Å². The molecule has 1 fully saturated rings. The quantitative estimate of drug-likeness (QED) is 0.882. The predicted molar refractivity (Wildman–Crippen MR) is 78.7 cm³/mol. The molecule has 6 nitrogen and oxygen atoms in total. The molecule has 0 bridgehead atoms. The van der Waals surface area contributed by atoms with Crippen molar-refractivity contribution >= 4 is 15.7 Å². The van der Waals surface area contributed by atoms with Gasteiger partial charge in [0.2, 0.25) is 10.0 Å². The molecule has 20 heavy (non-hydrogen) atoms. The molecule has 1 aromatic heterocycles. The van der Waals surface area contributed by atoms with Crippen molar-refractivity contribution in [3.63, 3.8) is 0 Å². The first-order chi connectivity index (χ1) is 9.41. The highest BCUT2D eigenvalue weighted by Gasteiger charge is 2.27. The van der Waals surface area contributed by atoms with Crippen LogP contribution in [0.5, 0.6) is 0 Å². The van der Waals surface area contributed by atoms with Crippen molar-refractivity contribution in [2.24, 2.45) is 5.92 Å². The lowest BCUT2D eigenvalue weighted by molar-refractivity contribution is 0.202. The standard InChI is InChI=1S/C13H22N4O2S/c1-16-7-4-11(5-8-16)10-17(2)20(18,19)13-9-15-6-3-12(13)14/h3,6,9,11H,4-5,7-8,10H2,1-2H3,(H2,14,15). The minimum absolute atomic E-state index is 0.0930. The van der Waals surface area contributed by atoms with Gasteiger partial charge in [-0.2, -0.15) is 0 Å². The molecule has 112 valence electrons. The highest BCUT2D eigenvalue weighted by atomic mass is 32.2. The van der Waals surface area contributed by atoms with Crippen LogP contribution in [-0.4, -0.2) is 56.3 Å². The second-order valence-corrected chi connectivity index (χ2v) is 7.46. The summed E-state index contributed by atoms with van der Waals surface area (Å²) in [7, 11) is 0.151. The number of hydrogen-bond donors (Lipinski definition) is 1. The summed E-state index contributed by atoms with van der Waals surface area (Å²) in [6, 6.07) is 1.51. The number of nitrogens with zero attached hydrogens (tertiary/aromatic N) is 3. The van der Waals surface area contributed by atoms with E-state index in [9.17, 15) is 8.42 Å². The van der Waals surface area contributed by atoms with Gasteiger partial charge >= 0.3 is 0 Å². The summed E-state index contributed by atoms with van der Waals surface area (Å²) < 4.78 is 26.4. The fourth-order valence-electron chi connectivity index (χ4n) is 2.48. The van der Waals surface area contributed by atoms with E-state index in [0.717, 1.165) is 25.9 Å². The molecule has 0 radical (unpaired) electrons.